The Kier molecular flexibility index (Phi) is 5.26. The van der Waals surface area contributed by atoms with Gasteiger partial charge in [-0.3, -0.25) is 4.90 Å². The van der Waals surface area contributed by atoms with Gasteiger partial charge in [-0.05, 0) is 32.4 Å². The van der Waals surface area contributed by atoms with Crippen LogP contribution in [0.15, 0.2) is 18.5 Å². The average molecular weight is 411 g/mol. The van der Waals surface area contributed by atoms with E-state index in [0.717, 1.165) is 10.9 Å². The minimum atomic E-state index is -4.18. The van der Waals surface area contributed by atoms with Gasteiger partial charge in [-0.15, -0.1) is 0 Å². The molecule has 1 saturated heterocycles. The van der Waals surface area contributed by atoms with Gasteiger partial charge >= 0.3 is 6.18 Å². The van der Waals surface area contributed by atoms with Crippen LogP contribution >= 0.6 is 0 Å². The van der Waals surface area contributed by atoms with Gasteiger partial charge < -0.3 is 19.8 Å². The summed E-state index contributed by atoms with van der Waals surface area (Å²) in [4.78, 5) is 13.9. The number of nitrogens with zero attached hydrogens (tertiary/aromatic N) is 4. The van der Waals surface area contributed by atoms with Crippen molar-refractivity contribution in [3.05, 3.63) is 24.3 Å². The van der Waals surface area contributed by atoms with Crippen molar-refractivity contribution in [1.82, 2.24) is 24.4 Å². The van der Waals surface area contributed by atoms with Crippen LogP contribution in [-0.4, -0.2) is 66.5 Å². The first-order valence-corrected chi connectivity index (χ1v) is 9.72. The quantitative estimate of drug-likeness (QED) is 0.580. The Morgan fingerprint density at radius 1 is 1.38 bits per heavy atom. The number of pyridine rings is 1. The van der Waals surface area contributed by atoms with Crippen molar-refractivity contribution in [1.29, 1.82) is 0 Å². The summed E-state index contributed by atoms with van der Waals surface area (Å²) in [6, 6.07) is 1.55. The number of halogens is 3. The zero-order valence-electron chi connectivity index (χ0n) is 16.0. The molecule has 3 N–H and O–H groups in total. The molecule has 0 aliphatic carbocycles. The largest absolute Gasteiger partial charge is 0.395 e. The fourth-order valence-corrected chi connectivity index (χ4v) is 4.37. The normalized spacial score (nSPS) is 22.1. The molecule has 3 aromatic heterocycles. The number of fused-ring (bicyclic) bond motifs is 3. The summed E-state index contributed by atoms with van der Waals surface area (Å²) >= 11 is 0. The number of aromatic nitrogens is 4. The van der Waals surface area contributed by atoms with Crippen molar-refractivity contribution in [3.8, 4) is 0 Å². The molecule has 0 aromatic carbocycles. The Bertz CT molecular complexity index is 997. The predicted molar refractivity (Wildman–Crippen MR) is 101 cm³/mol. The molecule has 0 bridgehead atoms. The second kappa shape index (κ2) is 7.58. The monoisotopic (exact) mass is 411 g/mol. The number of H-pyrrole nitrogens is 1. The van der Waals surface area contributed by atoms with Gasteiger partial charge in [-0.1, -0.05) is 0 Å². The molecule has 0 saturated carbocycles. The number of imidazole rings is 1. The maximum atomic E-state index is 12.5. The van der Waals surface area contributed by atoms with Gasteiger partial charge in [-0.25, -0.2) is 9.97 Å². The number of likely N-dealkylation sites (tertiary alicyclic amines) is 1. The highest BCUT2D eigenvalue weighted by atomic mass is 19.4. The van der Waals surface area contributed by atoms with Gasteiger partial charge in [0.1, 0.15) is 23.1 Å². The zero-order chi connectivity index (χ0) is 20.8. The Balaban J connectivity index is 1.68. The number of hydrogen-bond acceptors (Lipinski definition) is 5. The summed E-state index contributed by atoms with van der Waals surface area (Å²) < 4.78 is 39.6. The molecule has 3 aromatic rings. The van der Waals surface area contributed by atoms with Crippen molar-refractivity contribution in [2.24, 2.45) is 0 Å². The van der Waals surface area contributed by atoms with Gasteiger partial charge in [0.2, 0.25) is 0 Å². The first-order chi connectivity index (χ1) is 13.8. The van der Waals surface area contributed by atoms with Crippen LogP contribution in [0.1, 0.15) is 44.2 Å². The van der Waals surface area contributed by atoms with Crippen molar-refractivity contribution in [2.45, 2.75) is 50.6 Å². The lowest BCUT2D eigenvalue weighted by molar-refractivity contribution is -0.136. The maximum Gasteiger partial charge on any atom is 0.389 e. The lowest BCUT2D eigenvalue weighted by atomic mass is 10.1. The summed E-state index contributed by atoms with van der Waals surface area (Å²) in [5.74, 6) is 0.495. The van der Waals surface area contributed by atoms with E-state index in [0.29, 0.717) is 30.0 Å². The highest BCUT2D eigenvalue weighted by Crippen LogP contribution is 2.36. The van der Waals surface area contributed by atoms with Crippen LogP contribution in [0.4, 0.5) is 13.2 Å². The Morgan fingerprint density at radius 2 is 2.17 bits per heavy atom. The topological polar surface area (TPSA) is 90.2 Å². The van der Waals surface area contributed by atoms with E-state index in [4.69, 9.17) is 0 Å². The van der Waals surface area contributed by atoms with Crippen molar-refractivity contribution in [3.63, 3.8) is 0 Å². The third kappa shape index (κ3) is 3.84. The molecule has 0 radical (unpaired) electrons. The molecule has 7 nitrogen and oxygen atoms in total. The van der Waals surface area contributed by atoms with E-state index in [9.17, 15) is 23.4 Å². The van der Waals surface area contributed by atoms with Gasteiger partial charge in [0.05, 0.1) is 18.3 Å². The van der Waals surface area contributed by atoms with Crippen LogP contribution in [0.5, 0.6) is 0 Å². The van der Waals surface area contributed by atoms with Crippen LogP contribution in [0.25, 0.3) is 22.1 Å². The van der Waals surface area contributed by atoms with E-state index in [1.165, 1.54) is 0 Å². The third-order valence-corrected chi connectivity index (χ3v) is 5.62. The highest BCUT2D eigenvalue weighted by molar-refractivity contribution is 6.01. The molecule has 10 heteroatoms. The van der Waals surface area contributed by atoms with E-state index in [1.54, 1.807) is 19.3 Å². The minimum Gasteiger partial charge on any atom is -0.395 e. The fraction of sp³-hybridized carbons (Fsp3) is 0.579. The Hall–Kier alpha value is -2.17. The molecule has 0 unspecified atom stereocenters. The van der Waals surface area contributed by atoms with Gasteiger partial charge in [0, 0.05) is 36.6 Å². The molecule has 3 atom stereocenters. The van der Waals surface area contributed by atoms with Gasteiger partial charge in [0.15, 0.2) is 0 Å². The van der Waals surface area contributed by atoms with E-state index in [-0.39, 0.29) is 31.7 Å². The number of aliphatic hydroxyl groups excluding tert-OH is 2. The smallest absolute Gasteiger partial charge is 0.389 e. The Morgan fingerprint density at radius 3 is 2.86 bits per heavy atom. The highest BCUT2D eigenvalue weighted by Gasteiger charge is 2.36. The fourth-order valence-electron chi connectivity index (χ4n) is 4.37. The predicted octanol–water partition coefficient (Wildman–Crippen LogP) is 2.92. The van der Waals surface area contributed by atoms with Crippen LogP contribution in [0.2, 0.25) is 0 Å². The average Bonchev–Trinajstić information content (AvgIpc) is 3.35. The number of rotatable bonds is 6. The Labute approximate surface area is 165 Å². The van der Waals surface area contributed by atoms with Crippen LogP contribution in [-0.2, 0) is 0 Å². The zero-order valence-corrected chi connectivity index (χ0v) is 16.0. The lowest BCUT2D eigenvalue weighted by Gasteiger charge is -2.22. The van der Waals surface area contributed by atoms with Crippen LogP contribution in [0, 0.1) is 0 Å². The molecule has 29 heavy (non-hydrogen) atoms. The number of aliphatic hydroxyl groups is 2. The summed E-state index contributed by atoms with van der Waals surface area (Å²) in [5.41, 5.74) is 2.20. The maximum absolute atomic E-state index is 12.5. The molecule has 1 aliphatic heterocycles. The van der Waals surface area contributed by atoms with E-state index in [2.05, 4.69) is 15.0 Å². The number of hydrogen-bond donors (Lipinski definition) is 3. The summed E-state index contributed by atoms with van der Waals surface area (Å²) in [6.07, 6.45) is -1.84. The van der Waals surface area contributed by atoms with Gasteiger partial charge in [0.25, 0.3) is 0 Å². The molecule has 1 fully saturated rings. The van der Waals surface area contributed by atoms with Crippen molar-refractivity contribution < 1.29 is 23.4 Å². The summed E-state index contributed by atoms with van der Waals surface area (Å²) in [5, 5.41) is 21.0. The van der Waals surface area contributed by atoms with Crippen molar-refractivity contribution >= 4 is 22.1 Å². The SMILES string of the molecule is C[C@@H](O)c1nc2cnc3[nH]ccc3c2n1[C@H]1C[C@@H](CO)N(CCCC(F)(F)F)C1. The van der Waals surface area contributed by atoms with E-state index >= 15 is 0 Å². The number of nitrogens with one attached hydrogen (secondary N) is 1. The standard InChI is InChI=1S/C19H24F3N5O2/c1-11(29)18-25-15-8-24-17-14(3-5-23-17)16(15)27(18)12-7-13(10-28)26(9-12)6-2-4-19(20,21)22/h3,5,8,11-13,28-29H,2,4,6-7,9-10H2,1H3,(H,23,24)/t11-,12+,13+/m1/s1. The first kappa shape index (κ1) is 20.1. The molecule has 0 spiro atoms. The summed E-state index contributed by atoms with van der Waals surface area (Å²) in [6.45, 7) is 2.26. The molecule has 1 aliphatic rings. The van der Waals surface area contributed by atoms with Gasteiger partial charge in [-0.2, -0.15) is 13.2 Å². The molecular formula is C19H24F3N5O2. The second-order valence-corrected chi connectivity index (χ2v) is 7.69. The van der Waals surface area contributed by atoms with Crippen molar-refractivity contribution in [2.75, 3.05) is 19.7 Å². The first-order valence-electron chi connectivity index (χ1n) is 9.72. The second-order valence-electron chi connectivity index (χ2n) is 7.69. The number of aromatic amines is 1. The number of alkyl halides is 3. The third-order valence-electron chi connectivity index (χ3n) is 5.62. The lowest BCUT2D eigenvalue weighted by Crippen LogP contribution is -2.33. The van der Waals surface area contributed by atoms with Crippen LogP contribution < -0.4 is 0 Å². The molecule has 4 rings (SSSR count). The van der Waals surface area contributed by atoms with E-state index in [1.807, 2.05) is 15.5 Å². The van der Waals surface area contributed by atoms with Crippen LogP contribution in [0.3, 0.4) is 0 Å². The summed E-state index contributed by atoms with van der Waals surface area (Å²) in [7, 11) is 0. The molecule has 0 amide bonds. The molecule has 4 heterocycles. The minimum absolute atomic E-state index is 0.00731. The molecular weight excluding hydrogens is 387 g/mol. The molecule has 158 valence electrons. The van der Waals surface area contributed by atoms with E-state index < -0.39 is 18.7 Å².